The standard InChI is InChI=1S/C20H20FN3O2/c1-3-4-11-26-17-9-5-7-15(18(17)21)24-20(25)19-13(2)12-16-14(23-19)8-6-10-22-16/h5-10,12H,3-4,11H2,1-2H3,(H,24,25). The normalized spacial score (nSPS) is 10.7. The van der Waals surface area contributed by atoms with Crippen molar-refractivity contribution in [3.05, 3.63) is 59.7 Å². The van der Waals surface area contributed by atoms with Gasteiger partial charge in [-0.25, -0.2) is 9.37 Å². The highest BCUT2D eigenvalue weighted by atomic mass is 19.1. The first-order valence-electron chi connectivity index (χ1n) is 8.55. The third-order valence-corrected chi connectivity index (χ3v) is 3.96. The number of carbonyl (C=O) groups is 1. The lowest BCUT2D eigenvalue weighted by atomic mass is 10.1. The summed E-state index contributed by atoms with van der Waals surface area (Å²) in [5.74, 6) is -0.932. The number of rotatable bonds is 6. The first kappa shape index (κ1) is 17.8. The molecule has 1 amide bonds. The van der Waals surface area contributed by atoms with Gasteiger partial charge in [-0.05, 0) is 49.2 Å². The zero-order valence-corrected chi connectivity index (χ0v) is 14.8. The van der Waals surface area contributed by atoms with Crippen molar-refractivity contribution in [2.45, 2.75) is 26.7 Å². The van der Waals surface area contributed by atoms with E-state index in [1.807, 2.05) is 6.92 Å². The predicted molar refractivity (Wildman–Crippen MR) is 99.0 cm³/mol. The number of nitrogens with one attached hydrogen (secondary N) is 1. The highest BCUT2D eigenvalue weighted by Gasteiger charge is 2.16. The number of nitrogens with zero attached hydrogens (tertiary/aromatic N) is 2. The minimum atomic E-state index is -0.586. The molecule has 0 bridgehead atoms. The van der Waals surface area contributed by atoms with E-state index in [-0.39, 0.29) is 17.1 Å². The van der Waals surface area contributed by atoms with Gasteiger partial charge in [0.25, 0.3) is 5.91 Å². The van der Waals surface area contributed by atoms with Gasteiger partial charge in [-0.3, -0.25) is 9.78 Å². The fourth-order valence-electron chi connectivity index (χ4n) is 2.55. The molecular formula is C20H20FN3O2. The lowest BCUT2D eigenvalue weighted by Crippen LogP contribution is -2.16. The molecule has 0 radical (unpaired) electrons. The Hall–Kier alpha value is -3.02. The van der Waals surface area contributed by atoms with Gasteiger partial charge in [0.05, 0.1) is 23.3 Å². The Morgan fingerprint density at radius 1 is 1.23 bits per heavy atom. The molecule has 3 rings (SSSR count). The quantitative estimate of drug-likeness (QED) is 0.662. The first-order chi connectivity index (χ1) is 12.6. The van der Waals surface area contributed by atoms with Crippen molar-refractivity contribution in [3.8, 4) is 5.75 Å². The van der Waals surface area contributed by atoms with Gasteiger partial charge in [-0.1, -0.05) is 19.4 Å². The molecule has 0 aliphatic carbocycles. The van der Waals surface area contributed by atoms with Crippen molar-refractivity contribution in [1.29, 1.82) is 0 Å². The molecule has 0 aliphatic rings. The summed E-state index contributed by atoms with van der Waals surface area (Å²) in [6, 6.07) is 10.0. The zero-order chi connectivity index (χ0) is 18.5. The maximum absolute atomic E-state index is 14.6. The van der Waals surface area contributed by atoms with Crippen LogP contribution >= 0.6 is 0 Å². The molecule has 0 saturated carbocycles. The van der Waals surface area contributed by atoms with Gasteiger partial charge in [0.15, 0.2) is 11.6 Å². The molecule has 1 N–H and O–H groups in total. The number of unbranched alkanes of at least 4 members (excludes halogenated alkanes) is 1. The maximum Gasteiger partial charge on any atom is 0.274 e. The molecule has 3 aromatic rings. The maximum atomic E-state index is 14.6. The summed E-state index contributed by atoms with van der Waals surface area (Å²) in [6.45, 7) is 4.24. The molecule has 0 saturated heterocycles. The van der Waals surface area contributed by atoms with Crippen molar-refractivity contribution in [1.82, 2.24) is 9.97 Å². The van der Waals surface area contributed by atoms with Gasteiger partial charge in [0.1, 0.15) is 5.69 Å². The van der Waals surface area contributed by atoms with E-state index in [4.69, 9.17) is 4.74 Å². The number of aromatic nitrogens is 2. The molecule has 2 aromatic heterocycles. The number of halogens is 1. The van der Waals surface area contributed by atoms with E-state index >= 15 is 0 Å². The number of ether oxygens (including phenoxy) is 1. The van der Waals surface area contributed by atoms with Crippen molar-refractivity contribution < 1.29 is 13.9 Å². The van der Waals surface area contributed by atoms with Crippen LogP contribution < -0.4 is 10.1 Å². The van der Waals surface area contributed by atoms with E-state index in [0.717, 1.165) is 12.8 Å². The van der Waals surface area contributed by atoms with Crippen LogP contribution in [-0.4, -0.2) is 22.5 Å². The SMILES string of the molecule is CCCCOc1cccc(NC(=O)c2nc3cccnc3cc2C)c1F. The Balaban J connectivity index is 1.84. The molecule has 5 nitrogen and oxygen atoms in total. The summed E-state index contributed by atoms with van der Waals surface area (Å²) in [5.41, 5.74) is 2.29. The Bertz CT molecular complexity index is 943. The molecular weight excluding hydrogens is 333 g/mol. The lowest BCUT2D eigenvalue weighted by molar-refractivity contribution is 0.102. The summed E-state index contributed by atoms with van der Waals surface area (Å²) >= 11 is 0. The van der Waals surface area contributed by atoms with Crippen molar-refractivity contribution >= 4 is 22.6 Å². The molecule has 0 fully saturated rings. The number of aryl methyl sites for hydroxylation is 1. The summed E-state index contributed by atoms with van der Waals surface area (Å²) in [5, 5.41) is 2.59. The average molecular weight is 353 g/mol. The largest absolute Gasteiger partial charge is 0.490 e. The Kier molecular flexibility index (Phi) is 5.41. The second kappa shape index (κ2) is 7.91. The molecule has 26 heavy (non-hydrogen) atoms. The lowest BCUT2D eigenvalue weighted by Gasteiger charge is -2.12. The third kappa shape index (κ3) is 3.79. The number of hydrogen-bond acceptors (Lipinski definition) is 4. The highest BCUT2D eigenvalue weighted by molar-refractivity contribution is 6.05. The number of carbonyl (C=O) groups excluding carboxylic acids is 1. The smallest absolute Gasteiger partial charge is 0.274 e. The molecule has 0 spiro atoms. The van der Waals surface area contributed by atoms with Crippen molar-refractivity contribution in [2.75, 3.05) is 11.9 Å². The molecule has 0 aliphatic heterocycles. The van der Waals surface area contributed by atoms with Crippen LogP contribution in [-0.2, 0) is 0 Å². The second-order valence-electron chi connectivity index (χ2n) is 5.97. The van der Waals surface area contributed by atoms with Crippen LogP contribution in [0.4, 0.5) is 10.1 Å². The van der Waals surface area contributed by atoms with E-state index in [2.05, 4.69) is 15.3 Å². The Morgan fingerprint density at radius 2 is 2.08 bits per heavy atom. The summed E-state index contributed by atoms with van der Waals surface area (Å²) in [4.78, 5) is 21.2. The van der Waals surface area contributed by atoms with E-state index in [0.29, 0.717) is 23.2 Å². The van der Waals surface area contributed by atoms with Crippen LogP contribution in [0.15, 0.2) is 42.6 Å². The molecule has 1 aromatic carbocycles. The number of pyridine rings is 2. The topological polar surface area (TPSA) is 64.1 Å². The fraction of sp³-hybridized carbons (Fsp3) is 0.250. The van der Waals surface area contributed by atoms with Crippen LogP contribution in [0.25, 0.3) is 11.0 Å². The van der Waals surface area contributed by atoms with E-state index < -0.39 is 11.7 Å². The molecule has 0 atom stereocenters. The average Bonchev–Trinajstić information content (AvgIpc) is 2.64. The van der Waals surface area contributed by atoms with Gasteiger partial charge in [0.2, 0.25) is 0 Å². The number of hydrogen-bond donors (Lipinski definition) is 1. The van der Waals surface area contributed by atoms with Crippen LogP contribution in [0.5, 0.6) is 5.75 Å². The Labute approximate surface area is 151 Å². The minimum Gasteiger partial charge on any atom is -0.490 e. The predicted octanol–water partition coefficient (Wildman–Crippen LogP) is 4.51. The van der Waals surface area contributed by atoms with Gasteiger partial charge in [0, 0.05) is 6.20 Å². The molecule has 2 heterocycles. The first-order valence-corrected chi connectivity index (χ1v) is 8.55. The van der Waals surface area contributed by atoms with Crippen LogP contribution in [0.2, 0.25) is 0 Å². The second-order valence-corrected chi connectivity index (χ2v) is 5.97. The minimum absolute atomic E-state index is 0.0662. The van der Waals surface area contributed by atoms with Gasteiger partial charge in [-0.15, -0.1) is 0 Å². The number of anilines is 1. The van der Waals surface area contributed by atoms with E-state index in [9.17, 15) is 9.18 Å². The van der Waals surface area contributed by atoms with E-state index in [1.54, 1.807) is 43.5 Å². The summed E-state index contributed by atoms with van der Waals surface area (Å²) < 4.78 is 20.0. The van der Waals surface area contributed by atoms with Crippen LogP contribution in [0.3, 0.4) is 0 Å². The number of benzene rings is 1. The number of fused-ring (bicyclic) bond motifs is 1. The molecule has 6 heteroatoms. The van der Waals surface area contributed by atoms with E-state index in [1.165, 1.54) is 6.07 Å². The summed E-state index contributed by atoms with van der Waals surface area (Å²) in [7, 11) is 0. The highest BCUT2D eigenvalue weighted by Crippen LogP contribution is 2.25. The number of amides is 1. The molecule has 134 valence electrons. The fourth-order valence-corrected chi connectivity index (χ4v) is 2.55. The Morgan fingerprint density at radius 3 is 2.88 bits per heavy atom. The van der Waals surface area contributed by atoms with Gasteiger partial charge < -0.3 is 10.1 Å². The van der Waals surface area contributed by atoms with Crippen LogP contribution in [0.1, 0.15) is 35.8 Å². The van der Waals surface area contributed by atoms with Crippen molar-refractivity contribution in [3.63, 3.8) is 0 Å². The van der Waals surface area contributed by atoms with Crippen molar-refractivity contribution in [2.24, 2.45) is 0 Å². The molecule has 0 unspecified atom stereocenters. The third-order valence-electron chi connectivity index (χ3n) is 3.96. The monoisotopic (exact) mass is 353 g/mol. The zero-order valence-electron chi connectivity index (χ0n) is 14.8. The van der Waals surface area contributed by atoms with Gasteiger partial charge >= 0.3 is 0 Å². The van der Waals surface area contributed by atoms with Gasteiger partial charge in [-0.2, -0.15) is 0 Å². The summed E-state index contributed by atoms with van der Waals surface area (Å²) in [6.07, 6.45) is 3.46. The van der Waals surface area contributed by atoms with Crippen LogP contribution in [0, 0.1) is 12.7 Å².